The third-order valence-electron chi connectivity index (χ3n) is 5.85. The number of ether oxygens (including phenoxy) is 1. The molecule has 0 radical (unpaired) electrons. The normalized spacial score (nSPS) is 17.6. The number of carbonyl (C=O) groups excluding carboxylic acids is 2. The SMILES string of the molecule is COc1cc([C@@H]2C(C#N)=C(SCC(=O)Nc3cccc(C)c3)NC3=C2C(=O)CCC3)ccc1O. The molecular formula is C26H25N3O4S. The summed E-state index contributed by atoms with van der Waals surface area (Å²) in [6.45, 7) is 1.95. The fourth-order valence-corrected chi connectivity index (χ4v) is 5.16. The number of rotatable bonds is 6. The quantitative estimate of drug-likeness (QED) is 0.564. The molecule has 0 spiro atoms. The second kappa shape index (κ2) is 10.1. The number of amides is 1. The van der Waals surface area contributed by atoms with Gasteiger partial charge in [0.05, 0.1) is 35.5 Å². The van der Waals surface area contributed by atoms with Crippen LogP contribution in [0.5, 0.6) is 11.5 Å². The first-order chi connectivity index (χ1) is 16.4. The van der Waals surface area contributed by atoms with Crippen LogP contribution < -0.4 is 15.4 Å². The van der Waals surface area contributed by atoms with Gasteiger partial charge in [-0.25, -0.2) is 0 Å². The summed E-state index contributed by atoms with van der Waals surface area (Å²) in [5.41, 5.74) is 4.17. The maximum absolute atomic E-state index is 12.9. The molecule has 0 saturated carbocycles. The van der Waals surface area contributed by atoms with Crippen molar-refractivity contribution in [3.8, 4) is 17.6 Å². The van der Waals surface area contributed by atoms with Crippen molar-refractivity contribution in [2.45, 2.75) is 32.1 Å². The standard InChI is InChI=1S/C26H25N3O4S/c1-15-5-3-6-17(11-15)28-23(32)14-34-26-18(13-27)24(16-9-10-20(30)22(12-16)33-2)25-19(29-26)7-4-8-21(25)31/h3,5-6,9-12,24,29-30H,4,7-8,14H2,1-2H3,(H,28,32)/t24-/m1/s1. The Morgan fingerprint density at radius 3 is 2.85 bits per heavy atom. The van der Waals surface area contributed by atoms with Crippen LogP contribution in [-0.4, -0.2) is 29.7 Å². The van der Waals surface area contributed by atoms with Gasteiger partial charge in [-0.05, 0) is 55.2 Å². The van der Waals surface area contributed by atoms with Gasteiger partial charge in [0, 0.05) is 23.4 Å². The topological polar surface area (TPSA) is 111 Å². The number of carbonyl (C=O) groups is 2. The fraction of sp³-hybridized carbons (Fsp3) is 0.269. The molecule has 0 fully saturated rings. The molecule has 34 heavy (non-hydrogen) atoms. The van der Waals surface area contributed by atoms with E-state index < -0.39 is 5.92 Å². The van der Waals surface area contributed by atoms with Gasteiger partial charge in [-0.3, -0.25) is 9.59 Å². The average molecular weight is 476 g/mol. The third kappa shape index (κ3) is 4.80. The molecule has 2 aromatic rings. The number of benzene rings is 2. The molecule has 2 aromatic carbocycles. The third-order valence-corrected chi connectivity index (χ3v) is 6.87. The van der Waals surface area contributed by atoms with Crippen LogP contribution in [0.2, 0.25) is 0 Å². The molecule has 0 bridgehead atoms. The van der Waals surface area contributed by atoms with Crippen LogP contribution >= 0.6 is 11.8 Å². The Balaban J connectivity index is 1.65. The minimum absolute atomic E-state index is 0.000202. The Morgan fingerprint density at radius 2 is 2.12 bits per heavy atom. The van der Waals surface area contributed by atoms with Crippen molar-refractivity contribution >= 4 is 29.1 Å². The molecular weight excluding hydrogens is 450 g/mol. The molecule has 0 unspecified atom stereocenters. The summed E-state index contributed by atoms with van der Waals surface area (Å²) < 4.78 is 5.26. The zero-order chi connectivity index (χ0) is 24.2. The van der Waals surface area contributed by atoms with Gasteiger partial charge in [-0.1, -0.05) is 30.0 Å². The summed E-state index contributed by atoms with van der Waals surface area (Å²) >= 11 is 1.24. The summed E-state index contributed by atoms with van der Waals surface area (Å²) in [6, 6.07) is 14.7. The number of nitriles is 1. The molecule has 1 amide bonds. The van der Waals surface area contributed by atoms with Crippen LogP contribution in [0.25, 0.3) is 0 Å². The van der Waals surface area contributed by atoms with Crippen LogP contribution in [0, 0.1) is 18.3 Å². The largest absolute Gasteiger partial charge is 0.504 e. The Kier molecular flexibility index (Phi) is 6.94. The summed E-state index contributed by atoms with van der Waals surface area (Å²) in [4.78, 5) is 25.5. The number of hydrogen-bond acceptors (Lipinski definition) is 7. The predicted molar refractivity (Wildman–Crippen MR) is 131 cm³/mol. The number of dihydropyridines is 1. The zero-order valence-corrected chi connectivity index (χ0v) is 19.8. The lowest BCUT2D eigenvalue weighted by atomic mass is 9.77. The van der Waals surface area contributed by atoms with E-state index in [1.807, 2.05) is 31.2 Å². The highest BCUT2D eigenvalue weighted by Gasteiger charge is 2.37. The second-order valence-electron chi connectivity index (χ2n) is 8.22. The van der Waals surface area contributed by atoms with Crippen LogP contribution in [0.1, 0.15) is 36.3 Å². The number of hydrogen-bond donors (Lipinski definition) is 3. The van der Waals surface area contributed by atoms with Gasteiger partial charge in [0.25, 0.3) is 0 Å². The molecule has 8 heteroatoms. The molecule has 1 atom stereocenters. The van der Waals surface area contributed by atoms with E-state index in [1.54, 1.807) is 12.1 Å². The van der Waals surface area contributed by atoms with E-state index in [9.17, 15) is 20.0 Å². The lowest BCUT2D eigenvalue weighted by molar-refractivity contribution is -0.116. The van der Waals surface area contributed by atoms with Crippen molar-refractivity contribution in [3.05, 3.63) is 75.5 Å². The monoisotopic (exact) mass is 475 g/mol. The van der Waals surface area contributed by atoms with E-state index in [1.165, 1.54) is 24.9 Å². The van der Waals surface area contributed by atoms with Crippen molar-refractivity contribution in [1.29, 1.82) is 5.26 Å². The van der Waals surface area contributed by atoms with Gasteiger partial charge in [0.1, 0.15) is 0 Å². The first-order valence-electron chi connectivity index (χ1n) is 10.9. The van der Waals surface area contributed by atoms with E-state index in [0.29, 0.717) is 40.3 Å². The van der Waals surface area contributed by atoms with Crippen molar-refractivity contribution in [2.75, 3.05) is 18.2 Å². The Hall–Kier alpha value is -3.70. The van der Waals surface area contributed by atoms with Crippen molar-refractivity contribution in [1.82, 2.24) is 5.32 Å². The Morgan fingerprint density at radius 1 is 1.29 bits per heavy atom. The van der Waals surface area contributed by atoms with E-state index in [0.717, 1.165) is 17.7 Å². The van der Waals surface area contributed by atoms with Crippen LogP contribution in [0.15, 0.2) is 64.3 Å². The number of phenolic OH excluding ortho intramolecular Hbond substituents is 1. The number of methoxy groups -OCH3 is 1. The zero-order valence-electron chi connectivity index (χ0n) is 19.0. The number of aryl methyl sites for hydroxylation is 1. The first kappa shape index (κ1) is 23.5. The number of ketones is 1. The molecule has 4 rings (SSSR count). The van der Waals surface area contributed by atoms with E-state index in [2.05, 4.69) is 16.7 Å². The molecule has 7 nitrogen and oxygen atoms in total. The minimum Gasteiger partial charge on any atom is -0.504 e. The molecule has 3 N–H and O–H groups in total. The number of thioether (sulfide) groups is 1. The Labute approximate surface area is 202 Å². The maximum Gasteiger partial charge on any atom is 0.234 e. The van der Waals surface area contributed by atoms with Gasteiger partial charge in [-0.15, -0.1) is 0 Å². The number of nitrogens with zero attached hydrogens (tertiary/aromatic N) is 1. The summed E-state index contributed by atoms with van der Waals surface area (Å²) in [5.74, 6) is -0.432. The van der Waals surface area contributed by atoms with E-state index in [4.69, 9.17) is 4.74 Å². The molecule has 1 aliphatic carbocycles. The summed E-state index contributed by atoms with van der Waals surface area (Å²) in [6.07, 6.45) is 1.83. The van der Waals surface area contributed by atoms with Gasteiger partial charge in [0.2, 0.25) is 5.91 Å². The number of anilines is 1. The number of nitrogens with one attached hydrogen (secondary N) is 2. The summed E-state index contributed by atoms with van der Waals surface area (Å²) in [5, 5.41) is 26.9. The van der Waals surface area contributed by atoms with Gasteiger partial charge in [-0.2, -0.15) is 5.26 Å². The fourth-order valence-electron chi connectivity index (χ4n) is 4.30. The number of Topliss-reactive ketones (excluding diaryl/α,β-unsaturated/α-hetero) is 1. The van der Waals surface area contributed by atoms with E-state index in [-0.39, 0.29) is 28.9 Å². The minimum atomic E-state index is -0.592. The number of allylic oxidation sites excluding steroid dienone is 3. The molecule has 0 saturated heterocycles. The average Bonchev–Trinajstić information content (AvgIpc) is 2.82. The molecule has 2 aliphatic rings. The highest BCUT2D eigenvalue weighted by atomic mass is 32.2. The van der Waals surface area contributed by atoms with Gasteiger partial charge in [0.15, 0.2) is 17.3 Å². The highest BCUT2D eigenvalue weighted by Crippen LogP contribution is 2.45. The van der Waals surface area contributed by atoms with Crippen molar-refractivity contribution in [2.24, 2.45) is 0 Å². The second-order valence-corrected chi connectivity index (χ2v) is 9.20. The van der Waals surface area contributed by atoms with Crippen LogP contribution in [0.4, 0.5) is 5.69 Å². The lowest BCUT2D eigenvalue weighted by Crippen LogP contribution is -2.31. The molecule has 1 aliphatic heterocycles. The van der Waals surface area contributed by atoms with Crippen LogP contribution in [-0.2, 0) is 9.59 Å². The van der Waals surface area contributed by atoms with E-state index >= 15 is 0 Å². The van der Waals surface area contributed by atoms with Crippen molar-refractivity contribution in [3.63, 3.8) is 0 Å². The molecule has 0 aromatic heterocycles. The predicted octanol–water partition coefficient (Wildman–Crippen LogP) is 4.51. The maximum atomic E-state index is 12.9. The molecule has 174 valence electrons. The highest BCUT2D eigenvalue weighted by molar-refractivity contribution is 8.03. The lowest BCUT2D eigenvalue weighted by Gasteiger charge is -2.33. The van der Waals surface area contributed by atoms with Gasteiger partial charge < -0.3 is 20.5 Å². The smallest absolute Gasteiger partial charge is 0.234 e. The van der Waals surface area contributed by atoms with Crippen LogP contribution in [0.3, 0.4) is 0 Å². The van der Waals surface area contributed by atoms with Gasteiger partial charge >= 0.3 is 0 Å². The first-order valence-corrected chi connectivity index (χ1v) is 11.9. The Bertz CT molecular complexity index is 1260. The molecule has 1 heterocycles. The number of aromatic hydroxyl groups is 1. The number of phenols is 1. The summed E-state index contributed by atoms with van der Waals surface area (Å²) in [7, 11) is 1.45. The van der Waals surface area contributed by atoms with Crippen molar-refractivity contribution < 1.29 is 19.4 Å².